The van der Waals surface area contributed by atoms with E-state index in [-0.39, 0.29) is 0 Å². The number of nitrogens with zero attached hydrogens (tertiary/aromatic N) is 4. The summed E-state index contributed by atoms with van der Waals surface area (Å²) >= 11 is 0. The summed E-state index contributed by atoms with van der Waals surface area (Å²) in [6.07, 6.45) is 6.64. The summed E-state index contributed by atoms with van der Waals surface area (Å²) < 4.78 is 0. The molecular formula is C15H25N5. The van der Waals surface area contributed by atoms with E-state index in [0.717, 1.165) is 30.6 Å². The van der Waals surface area contributed by atoms with E-state index in [1.165, 1.54) is 45.2 Å². The average molecular weight is 275 g/mol. The SMILES string of the molecule is Cc1cc(N2CCC(N3CCCCC3)CC2)nc(N)n1. The highest BCUT2D eigenvalue weighted by atomic mass is 15.2. The molecule has 0 saturated carbocycles. The maximum atomic E-state index is 5.75. The fourth-order valence-electron chi connectivity index (χ4n) is 3.48. The van der Waals surface area contributed by atoms with Crippen LogP contribution in [-0.4, -0.2) is 47.1 Å². The van der Waals surface area contributed by atoms with Crippen molar-refractivity contribution in [1.82, 2.24) is 14.9 Å². The number of aryl methyl sites for hydroxylation is 1. The lowest BCUT2D eigenvalue weighted by molar-refractivity contribution is 0.141. The molecule has 2 aliphatic rings. The molecule has 5 heteroatoms. The molecule has 1 aromatic rings. The van der Waals surface area contributed by atoms with Gasteiger partial charge >= 0.3 is 0 Å². The van der Waals surface area contributed by atoms with E-state index in [0.29, 0.717) is 5.95 Å². The largest absolute Gasteiger partial charge is 0.368 e. The van der Waals surface area contributed by atoms with Gasteiger partial charge in [0.15, 0.2) is 0 Å². The average Bonchev–Trinajstić information content (AvgIpc) is 2.47. The summed E-state index contributed by atoms with van der Waals surface area (Å²) in [5.41, 5.74) is 6.70. The molecule has 0 atom stereocenters. The van der Waals surface area contributed by atoms with E-state index in [1.54, 1.807) is 0 Å². The number of hydrogen-bond donors (Lipinski definition) is 1. The van der Waals surface area contributed by atoms with E-state index in [9.17, 15) is 0 Å². The number of piperidine rings is 2. The van der Waals surface area contributed by atoms with Crippen molar-refractivity contribution in [2.45, 2.75) is 45.1 Å². The standard InChI is InChI=1S/C15H25N5/c1-12-11-14(18-15(16)17-12)20-9-5-13(6-10-20)19-7-3-2-4-8-19/h11,13H,2-10H2,1H3,(H2,16,17,18). The minimum Gasteiger partial charge on any atom is -0.368 e. The maximum Gasteiger partial charge on any atom is 0.222 e. The third kappa shape index (κ3) is 3.03. The summed E-state index contributed by atoms with van der Waals surface area (Å²) in [4.78, 5) is 13.6. The Kier molecular flexibility index (Phi) is 4.05. The molecule has 0 aromatic carbocycles. The van der Waals surface area contributed by atoms with E-state index in [1.807, 2.05) is 13.0 Å². The highest BCUT2D eigenvalue weighted by molar-refractivity contribution is 5.43. The number of anilines is 2. The van der Waals surface area contributed by atoms with Crippen molar-refractivity contribution in [2.24, 2.45) is 0 Å². The van der Waals surface area contributed by atoms with Crippen LogP contribution in [0.2, 0.25) is 0 Å². The third-order valence-electron chi connectivity index (χ3n) is 4.55. The molecule has 0 unspecified atom stereocenters. The van der Waals surface area contributed by atoms with E-state index in [4.69, 9.17) is 5.73 Å². The fourth-order valence-corrected chi connectivity index (χ4v) is 3.48. The van der Waals surface area contributed by atoms with Crippen LogP contribution in [0.4, 0.5) is 11.8 Å². The maximum absolute atomic E-state index is 5.75. The molecule has 3 rings (SSSR count). The van der Waals surface area contributed by atoms with Crippen LogP contribution in [-0.2, 0) is 0 Å². The Bertz CT molecular complexity index is 427. The zero-order valence-electron chi connectivity index (χ0n) is 12.4. The topological polar surface area (TPSA) is 58.3 Å². The molecule has 0 amide bonds. The lowest BCUT2D eigenvalue weighted by Crippen LogP contribution is -2.47. The van der Waals surface area contributed by atoms with Crippen LogP contribution in [0.25, 0.3) is 0 Å². The van der Waals surface area contributed by atoms with Gasteiger partial charge in [0.1, 0.15) is 5.82 Å². The smallest absolute Gasteiger partial charge is 0.222 e. The number of hydrogen-bond acceptors (Lipinski definition) is 5. The van der Waals surface area contributed by atoms with Gasteiger partial charge in [-0.25, -0.2) is 4.98 Å². The molecule has 20 heavy (non-hydrogen) atoms. The molecule has 0 aliphatic carbocycles. The normalized spacial score (nSPS) is 22.1. The van der Waals surface area contributed by atoms with Crippen LogP contribution in [0.15, 0.2) is 6.07 Å². The number of likely N-dealkylation sites (tertiary alicyclic amines) is 1. The third-order valence-corrected chi connectivity index (χ3v) is 4.55. The van der Waals surface area contributed by atoms with Gasteiger partial charge in [-0.3, -0.25) is 0 Å². The molecule has 2 fully saturated rings. The number of rotatable bonds is 2. The first-order valence-corrected chi connectivity index (χ1v) is 7.82. The molecular weight excluding hydrogens is 250 g/mol. The van der Waals surface area contributed by atoms with E-state index >= 15 is 0 Å². The summed E-state index contributed by atoms with van der Waals surface area (Å²) in [5, 5.41) is 0. The highest BCUT2D eigenvalue weighted by Crippen LogP contribution is 2.24. The van der Waals surface area contributed by atoms with Gasteiger partial charge in [0.2, 0.25) is 5.95 Å². The van der Waals surface area contributed by atoms with Crippen LogP contribution in [0.1, 0.15) is 37.8 Å². The summed E-state index contributed by atoms with van der Waals surface area (Å²) in [6.45, 7) is 6.73. The van der Waals surface area contributed by atoms with E-state index in [2.05, 4.69) is 19.8 Å². The predicted octanol–water partition coefficient (Wildman–Crippen LogP) is 1.82. The quantitative estimate of drug-likeness (QED) is 0.892. The molecule has 0 spiro atoms. The number of nitrogens with two attached hydrogens (primary N) is 1. The zero-order valence-corrected chi connectivity index (χ0v) is 12.4. The van der Waals surface area contributed by atoms with Gasteiger partial charge in [0.25, 0.3) is 0 Å². The van der Waals surface area contributed by atoms with Crippen LogP contribution >= 0.6 is 0 Å². The zero-order chi connectivity index (χ0) is 13.9. The fraction of sp³-hybridized carbons (Fsp3) is 0.733. The van der Waals surface area contributed by atoms with Crippen molar-refractivity contribution in [3.63, 3.8) is 0 Å². The molecule has 2 aliphatic heterocycles. The second kappa shape index (κ2) is 5.95. The van der Waals surface area contributed by atoms with Crippen molar-refractivity contribution in [3.05, 3.63) is 11.8 Å². The second-order valence-electron chi connectivity index (χ2n) is 6.04. The molecule has 0 radical (unpaired) electrons. The van der Waals surface area contributed by atoms with Gasteiger partial charge in [0.05, 0.1) is 0 Å². The van der Waals surface area contributed by atoms with Crippen LogP contribution in [0, 0.1) is 6.92 Å². The molecule has 2 saturated heterocycles. The van der Waals surface area contributed by atoms with Crippen molar-refractivity contribution in [3.8, 4) is 0 Å². The van der Waals surface area contributed by atoms with Gasteiger partial charge in [0, 0.05) is 30.9 Å². The summed E-state index contributed by atoms with van der Waals surface area (Å²) in [6, 6.07) is 2.81. The van der Waals surface area contributed by atoms with Gasteiger partial charge in [-0.15, -0.1) is 0 Å². The minimum absolute atomic E-state index is 0.387. The monoisotopic (exact) mass is 275 g/mol. The van der Waals surface area contributed by atoms with Crippen molar-refractivity contribution in [2.75, 3.05) is 36.8 Å². The highest BCUT2D eigenvalue weighted by Gasteiger charge is 2.26. The molecule has 0 bridgehead atoms. The first-order valence-electron chi connectivity index (χ1n) is 7.82. The number of nitrogen functional groups attached to an aromatic ring is 1. The molecule has 1 aromatic heterocycles. The summed E-state index contributed by atoms with van der Waals surface area (Å²) in [5.74, 6) is 1.38. The van der Waals surface area contributed by atoms with Crippen molar-refractivity contribution >= 4 is 11.8 Å². The Balaban J connectivity index is 1.60. The number of aromatic nitrogens is 2. The molecule has 3 heterocycles. The first kappa shape index (κ1) is 13.6. The second-order valence-corrected chi connectivity index (χ2v) is 6.04. The van der Waals surface area contributed by atoms with Gasteiger partial charge < -0.3 is 15.5 Å². The Hall–Kier alpha value is -1.36. The molecule has 5 nitrogen and oxygen atoms in total. The Morgan fingerprint density at radius 3 is 2.40 bits per heavy atom. The van der Waals surface area contributed by atoms with Crippen LogP contribution < -0.4 is 10.6 Å². The van der Waals surface area contributed by atoms with Gasteiger partial charge in [-0.2, -0.15) is 4.98 Å². The van der Waals surface area contributed by atoms with E-state index < -0.39 is 0 Å². The molecule has 110 valence electrons. The first-order chi connectivity index (χ1) is 9.72. The minimum atomic E-state index is 0.387. The summed E-state index contributed by atoms with van der Waals surface area (Å²) in [7, 11) is 0. The van der Waals surface area contributed by atoms with Crippen LogP contribution in [0.5, 0.6) is 0 Å². The Morgan fingerprint density at radius 2 is 1.75 bits per heavy atom. The van der Waals surface area contributed by atoms with Crippen molar-refractivity contribution in [1.29, 1.82) is 0 Å². The lowest BCUT2D eigenvalue weighted by atomic mass is 10.00. The van der Waals surface area contributed by atoms with Gasteiger partial charge in [-0.05, 0) is 45.7 Å². The Morgan fingerprint density at radius 1 is 1.05 bits per heavy atom. The lowest BCUT2D eigenvalue weighted by Gasteiger charge is -2.40. The van der Waals surface area contributed by atoms with Crippen molar-refractivity contribution < 1.29 is 0 Å². The Labute approximate surface area is 121 Å². The molecule has 2 N–H and O–H groups in total. The predicted molar refractivity (Wildman–Crippen MR) is 81.8 cm³/mol. The van der Waals surface area contributed by atoms with Crippen LogP contribution in [0.3, 0.4) is 0 Å². The van der Waals surface area contributed by atoms with Gasteiger partial charge in [-0.1, -0.05) is 6.42 Å².